The van der Waals surface area contributed by atoms with E-state index in [1.54, 1.807) is 32.9 Å². The molecule has 0 saturated heterocycles. The first kappa shape index (κ1) is 14.4. The van der Waals surface area contributed by atoms with Crippen LogP contribution in [0.5, 0.6) is 0 Å². The van der Waals surface area contributed by atoms with E-state index in [1.165, 1.54) is 0 Å². The number of aryl methyl sites for hydroxylation is 2. The standard InChI is InChI=1S/C15H19NO4/c1-15(2,3)20-14(19)16-12-8-10-6-4-5-9(10)7-11(12)13(17)18/h7-8H,4-6H2,1-3H3,(H,16,19)(H,17,18). The van der Waals surface area contributed by atoms with Gasteiger partial charge in [-0.25, -0.2) is 9.59 Å². The SMILES string of the molecule is CC(C)(C)OC(=O)Nc1cc2c(cc1C(=O)O)CCC2. The van der Waals surface area contributed by atoms with Gasteiger partial charge in [0.05, 0.1) is 11.3 Å². The van der Waals surface area contributed by atoms with Crippen molar-refractivity contribution in [3.8, 4) is 0 Å². The first-order chi connectivity index (χ1) is 9.26. The fourth-order valence-electron chi connectivity index (χ4n) is 2.32. The summed E-state index contributed by atoms with van der Waals surface area (Å²) in [5.74, 6) is -1.05. The van der Waals surface area contributed by atoms with Crippen LogP contribution in [0.1, 0.15) is 48.7 Å². The van der Waals surface area contributed by atoms with Gasteiger partial charge in [-0.15, -0.1) is 0 Å². The summed E-state index contributed by atoms with van der Waals surface area (Å²) in [5, 5.41) is 11.8. The number of amides is 1. The van der Waals surface area contributed by atoms with Crippen molar-refractivity contribution in [2.45, 2.75) is 45.6 Å². The van der Waals surface area contributed by atoms with E-state index in [2.05, 4.69) is 5.32 Å². The Hall–Kier alpha value is -2.04. The molecule has 0 fully saturated rings. The minimum absolute atomic E-state index is 0.108. The summed E-state index contributed by atoms with van der Waals surface area (Å²) >= 11 is 0. The third-order valence-corrected chi connectivity index (χ3v) is 3.10. The number of carboxylic acids is 1. The van der Waals surface area contributed by atoms with Crippen LogP contribution in [0.2, 0.25) is 0 Å². The molecule has 0 heterocycles. The largest absolute Gasteiger partial charge is 0.478 e. The summed E-state index contributed by atoms with van der Waals surface area (Å²) in [4.78, 5) is 23.1. The molecular weight excluding hydrogens is 258 g/mol. The van der Waals surface area contributed by atoms with E-state index in [0.717, 1.165) is 30.4 Å². The number of aromatic carboxylic acids is 1. The second-order valence-corrected chi connectivity index (χ2v) is 5.95. The molecule has 0 saturated carbocycles. The lowest BCUT2D eigenvalue weighted by atomic mass is 10.0. The van der Waals surface area contributed by atoms with Crippen LogP contribution in [-0.2, 0) is 17.6 Å². The molecule has 0 aliphatic heterocycles. The molecule has 0 radical (unpaired) electrons. The van der Waals surface area contributed by atoms with Crippen LogP contribution in [0.15, 0.2) is 12.1 Å². The van der Waals surface area contributed by atoms with Crippen molar-refractivity contribution in [2.24, 2.45) is 0 Å². The molecule has 1 aromatic carbocycles. The smallest absolute Gasteiger partial charge is 0.412 e. The maximum atomic E-state index is 11.8. The molecule has 1 aromatic rings. The Labute approximate surface area is 117 Å². The molecule has 20 heavy (non-hydrogen) atoms. The molecule has 2 N–H and O–H groups in total. The molecular formula is C15H19NO4. The van der Waals surface area contributed by atoms with Gasteiger partial charge in [-0.3, -0.25) is 5.32 Å². The van der Waals surface area contributed by atoms with Gasteiger partial charge in [0.25, 0.3) is 0 Å². The molecule has 0 atom stereocenters. The predicted molar refractivity (Wildman–Crippen MR) is 75.3 cm³/mol. The maximum Gasteiger partial charge on any atom is 0.412 e. The number of ether oxygens (including phenoxy) is 1. The quantitative estimate of drug-likeness (QED) is 0.870. The normalized spacial score (nSPS) is 13.8. The highest BCUT2D eigenvalue weighted by molar-refractivity contribution is 5.99. The average molecular weight is 277 g/mol. The van der Waals surface area contributed by atoms with Gasteiger partial charge < -0.3 is 9.84 Å². The Morgan fingerprint density at radius 2 is 1.80 bits per heavy atom. The fraction of sp³-hybridized carbons (Fsp3) is 0.467. The van der Waals surface area contributed by atoms with Gasteiger partial charge in [-0.2, -0.15) is 0 Å². The summed E-state index contributed by atoms with van der Waals surface area (Å²) in [6.07, 6.45) is 2.18. The second-order valence-electron chi connectivity index (χ2n) is 5.95. The van der Waals surface area contributed by atoms with Crippen molar-refractivity contribution >= 4 is 17.7 Å². The molecule has 0 aromatic heterocycles. The fourth-order valence-corrected chi connectivity index (χ4v) is 2.32. The Morgan fingerprint density at radius 3 is 2.35 bits per heavy atom. The molecule has 5 nitrogen and oxygen atoms in total. The number of hydrogen-bond acceptors (Lipinski definition) is 3. The minimum atomic E-state index is -1.05. The van der Waals surface area contributed by atoms with Crippen molar-refractivity contribution in [2.75, 3.05) is 5.32 Å². The van der Waals surface area contributed by atoms with Crippen molar-refractivity contribution in [1.82, 2.24) is 0 Å². The van der Waals surface area contributed by atoms with Crippen molar-refractivity contribution in [1.29, 1.82) is 0 Å². The number of anilines is 1. The number of benzene rings is 1. The molecule has 108 valence electrons. The number of fused-ring (bicyclic) bond motifs is 1. The van der Waals surface area contributed by atoms with E-state index in [0.29, 0.717) is 5.69 Å². The van der Waals surface area contributed by atoms with Gasteiger partial charge in [0.1, 0.15) is 5.60 Å². The van der Waals surface area contributed by atoms with E-state index in [9.17, 15) is 14.7 Å². The predicted octanol–water partition coefficient (Wildman–Crippen LogP) is 3.22. The summed E-state index contributed by atoms with van der Waals surface area (Å²) in [6.45, 7) is 5.27. The van der Waals surface area contributed by atoms with Crippen LogP contribution in [0, 0.1) is 0 Å². The van der Waals surface area contributed by atoms with Gasteiger partial charge in [0.2, 0.25) is 0 Å². The number of rotatable bonds is 2. The molecule has 5 heteroatoms. The average Bonchev–Trinajstić information content (AvgIpc) is 2.71. The molecule has 1 amide bonds. The highest BCUT2D eigenvalue weighted by atomic mass is 16.6. The van der Waals surface area contributed by atoms with Crippen LogP contribution in [0.3, 0.4) is 0 Å². The van der Waals surface area contributed by atoms with Crippen molar-refractivity contribution < 1.29 is 19.4 Å². The second kappa shape index (κ2) is 5.15. The zero-order valence-corrected chi connectivity index (χ0v) is 11.9. The number of nitrogens with one attached hydrogen (secondary N) is 1. The first-order valence-electron chi connectivity index (χ1n) is 6.65. The third-order valence-electron chi connectivity index (χ3n) is 3.10. The summed E-state index contributed by atoms with van der Waals surface area (Å²) in [7, 11) is 0. The van der Waals surface area contributed by atoms with Crippen LogP contribution < -0.4 is 5.32 Å². The van der Waals surface area contributed by atoms with E-state index in [4.69, 9.17) is 4.74 Å². The zero-order valence-electron chi connectivity index (χ0n) is 11.9. The van der Waals surface area contributed by atoms with E-state index < -0.39 is 17.7 Å². The van der Waals surface area contributed by atoms with Crippen molar-refractivity contribution in [3.63, 3.8) is 0 Å². The Morgan fingerprint density at radius 1 is 1.20 bits per heavy atom. The van der Waals surface area contributed by atoms with E-state index >= 15 is 0 Å². The molecule has 0 bridgehead atoms. The van der Waals surface area contributed by atoms with Crippen molar-refractivity contribution in [3.05, 3.63) is 28.8 Å². The summed E-state index contributed by atoms with van der Waals surface area (Å²) in [6, 6.07) is 3.40. The Bertz CT molecular complexity index is 558. The number of carbonyl (C=O) groups is 2. The summed E-state index contributed by atoms with van der Waals surface area (Å²) in [5.41, 5.74) is 1.94. The van der Waals surface area contributed by atoms with Gasteiger partial charge in [0.15, 0.2) is 0 Å². The molecule has 1 aliphatic rings. The van der Waals surface area contributed by atoms with Crippen LogP contribution in [-0.4, -0.2) is 22.8 Å². The van der Waals surface area contributed by atoms with Gasteiger partial charge in [-0.05, 0) is 63.3 Å². The number of hydrogen-bond donors (Lipinski definition) is 2. The van der Waals surface area contributed by atoms with E-state index in [-0.39, 0.29) is 5.56 Å². The van der Waals surface area contributed by atoms with E-state index in [1.807, 2.05) is 0 Å². The third kappa shape index (κ3) is 3.29. The monoisotopic (exact) mass is 277 g/mol. The number of carbonyl (C=O) groups excluding carboxylic acids is 1. The Kier molecular flexibility index (Phi) is 3.70. The van der Waals surface area contributed by atoms with Gasteiger partial charge in [0, 0.05) is 0 Å². The maximum absolute atomic E-state index is 11.8. The highest BCUT2D eigenvalue weighted by Gasteiger charge is 2.22. The molecule has 2 rings (SSSR count). The first-order valence-corrected chi connectivity index (χ1v) is 6.65. The lowest BCUT2D eigenvalue weighted by Gasteiger charge is -2.20. The zero-order chi connectivity index (χ0) is 14.9. The molecule has 1 aliphatic carbocycles. The minimum Gasteiger partial charge on any atom is -0.478 e. The molecule has 0 unspecified atom stereocenters. The summed E-state index contributed by atoms with van der Waals surface area (Å²) < 4.78 is 5.15. The van der Waals surface area contributed by atoms with Gasteiger partial charge >= 0.3 is 12.1 Å². The lowest BCUT2D eigenvalue weighted by Crippen LogP contribution is -2.27. The van der Waals surface area contributed by atoms with Gasteiger partial charge in [-0.1, -0.05) is 0 Å². The van der Waals surface area contributed by atoms with Crippen LogP contribution in [0.25, 0.3) is 0 Å². The molecule has 0 spiro atoms. The van der Waals surface area contributed by atoms with Crippen LogP contribution >= 0.6 is 0 Å². The number of carboxylic acid groups (broad SMARTS) is 1. The highest BCUT2D eigenvalue weighted by Crippen LogP contribution is 2.29. The topological polar surface area (TPSA) is 75.6 Å². The Balaban J connectivity index is 2.26. The lowest BCUT2D eigenvalue weighted by molar-refractivity contribution is 0.0636. The van der Waals surface area contributed by atoms with Crippen LogP contribution in [0.4, 0.5) is 10.5 Å².